The van der Waals surface area contributed by atoms with E-state index in [2.05, 4.69) is 13.8 Å². The maximum Gasteiger partial charge on any atom is 0.338 e. The van der Waals surface area contributed by atoms with Crippen molar-refractivity contribution in [2.75, 3.05) is 33.0 Å². The minimum Gasteiger partial charge on any atom is -0.494 e. The molecule has 7 nitrogen and oxygen atoms in total. The van der Waals surface area contributed by atoms with Gasteiger partial charge in [0.15, 0.2) is 0 Å². The molecular weight excluding hydrogens is 532 g/mol. The van der Waals surface area contributed by atoms with Gasteiger partial charge >= 0.3 is 11.9 Å². The minimum absolute atomic E-state index is 0.123. The summed E-state index contributed by atoms with van der Waals surface area (Å²) >= 11 is 0. The fraction of sp³-hybridized carbons (Fsp3) is 0.600. The van der Waals surface area contributed by atoms with Crippen molar-refractivity contribution < 1.29 is 34.0 Å². The van der Waals surface area contributed by atoms with Crippen molar-refractivity contribution in [3.05, 3.63) is 54.1 Å². The van der Waals surface area contributed by atoms with Crippen molar-refractivity contribution >= 4 is 11.9 Å². The lowest BCUT2D eigenvalue weighted by Gasteiger charge is -2.12. The maximum atomic E-state index is 12.2. The van der Waals surface area contributed by atoms with Crippen LogP contribution in [0.25, 0.3) is 11.1 Å². The van der Waals surface area contributed by atoms with E-state index < -0.39 is 11.9 Å². The van der Waals surface area contributed by atoms with Crippen LogP contribution in [0.5, 0.6) is 5.75 Å². The third-order valence-electron chi connectivity index (χ3n) is 7.59. The smallest absolute Gasteiger partial charge is 0.338 e. The van der Waals surface area contributed by atoms with E-state index in [1.54, 1.807) is 0 Å². The largest absolute Gasteiger partial charge is 0.494 e. The van der Waals surface area contributed by atoms with E-state index in [1.807, 2.05) is 48.5 Å². The van der Waals surface area contributed by atoms with Gasteiger partial charge in [0.05, 0.1) is 37.9 Å². The van der Waals surface area contributed by atoms with Gasteiger partial charge in [-0.2, -0.15) is 0 Å². The van der Waals surface area contributed by atoms with Gasteiger partial charge in [0, 0.05) is 6.61 Å². The zero-order valence-electron chi connectivity index (χ0n) is 25.7. The van der Waals surface area contributed by atoms with Crippen molar-refractivity contribution in [3.63, 3.8) is 0 Å². The molecule has 2 aromatic carbocycles. The van der Waals surface area contributed by atoms with E-state index in [0.717, 1.165) is 55.6 Å². The lowest BCUT2D eigenvalue weighted by Crippen LogP contribution is -2.22. The molecule has 0 heterocycles. The monoisotopic (exact) mass is 584 g/mol. The Morgan fingerprint density at radius 2 is 1.24 bits per heavy atom. The Kier molecular flexibility index (Phi) is 18.3. The quantitative estimate of drug-likeness (QED) is 0.104. The molecule has 2 unspecified atom stereocenters. The van der Waals surface area contributed by atoms with E-state index in [1.165, 1.54) is 38.5 Å². The summed E-state index contributed by atoms with van der Waals surface area (Å²) in [5, 5.41) is 18.0. The van der Waals surface area contributed by atoms with Gasteiger partial charge < -0.3 is 24.4 Å². The first kappa shape index (κ1) is 35.3. The fourth-order valence-electron chi connectivity index (χ4n) is 4.50. The Hall–Kier alpha value is -2.90. The molecule has 234 valence electrons. The van der Waals surface area contributed by atoms with E-state index in [4.69, 9.17) is 24.4 Å². The number of esters is 2. The predicted octanol–water partition coefficient (Wildman–Crippen LogP) is 7.37. The van der Waals surface area contributed by atoms with Crippen LogP contribution in [0.15, 0.2) is 48.5 Å². The van der Waals surface area contributed by atoms with Gasteiger partial charge in [-0.25, -0.2) is 4.79 Å². The van der Waals surface area contributed by atoms with Crippen molar-refractivity contribution in [2.24, 2.45) is 11.8 Å². The number of unbranched alkanes of at least 4 members (excludes halogenated alkanes) is 9. The molecule has 0 saturated carbocycles. The summed E-state index contributed by atoms with van der Waals surface area (Å²) in [6.07, 6.45) is 12.6. The summed E-state index contributed by atoms with van der Waals surface area (Å²) in [6.45, 7) is 5.31. The molecule has 0 fully saturated rings. The average Bonchev–Trinajstić information content (AvgIpc) is 3.02. The molecule has 0 saturated heterocycles. The summed E-state index contributed by atoms with van der Waals surface area (Å²) in [6, 6.07) is 15.6. The molecule has 0 aliphatic heterocycles. The summed E-state index contributed by atoms with van der Waals surface area (Å²) < 4.78 is 16.5. The minimum atomic E-state index is -0.608. The number of hydrogen-bond donors (Lipinski definition) is 2. The number of carbonyl (C=O) groups is 2. The second-order valence-corrected chi connectivity index (χ2v) is 11.2. The number of aliphatic hydroxyl groups excluding tert-OH is 2. The number of ether oxygens (including phenoxy) is 3. The van der Waals surface area contributed by atoms with Gasteiger partial charge in [-0.3, -0.25) is 4.79 Å². The van der Waals surface area contributed by atoms with Crippen LogP contribution >= 0.6 is 0 Å². The van der Waals surface area contributed by atoms with Crippen LogP contribution in [-0.2, 0) is 14.3 Å². The van der Waals surface area contributed by atoms with Crippen molar-refractivity contribution in [1.82, 2.24) is 0 Å². The third kappa shape index (κ3) is 14.3. The Bertz CT molecular complexity index is 987. The van der Waals surface area contributed by atoms with E-state index >= 15 is 0 Å². The molecule has 7 heteroatoms. The first-order valence-corrected chi connectivity index (χ1v) is 15.9. The summed E-state index contributed by atoms with van der Waals surface area (Å²) in [7, 11) is 0. The SMILES string of the molecule is CCC(C)COC(=O)c1ccc(-c2ccc(OCCCCCCCCCCCCOC(=O)C(CO)CCO)cc2)cc1. The fourth-order valence-corrected chi connectivity index (χ4v) is 4.50. The van der Waals surface area contributed by atoms with Crippen molar-refractivity contribution in [3.8, 4) is 16.9 Å². The second kappa shape index (κ2) is 21.8. The van der Waals surface area contributed by atoms with Crippen molar-refractivity contribution in [1.29, 1.82) is 0 Å². The first-order chi connectivity index (χ1) is 20.5. The van der Waals surface area contributed by atoms with Crippen LogP contribution < -0.4 is 4.74 Å². The normalized spacial score (nSPS) is 12.5. The zero-order chi connectivity index (χ0) is 30.4. The molecule has 2 atom stereocenters. The predicted molar refractivity (Wildman–Crippen MR) is 167 cm³/mol. The average molecular weight is 585 g/mol. The van der Waals surface area contributed by atoms with Crippen molar-refractivity contribution in [2.45, 2.75) is 90.9 Å². The molecule has 0 aliphatic rings. The van der Waals surface area contributed by atoms with E-state index in [0.29, 0.717) is 24.7 Å². The summed E-state index contributed by atoms with van der Waals surface area (Å²) in [5.41, 5.74) is 2.70. The molecule has 2 rings (SSSR count). The molecule has 0 bridgehead atoms. The molecule has 42 heavy (non-hydrogen) atoms. The van der Waals surface area contributed by atoms with Crippen LogP contribution in [0.3, 0.4) is 0 Å². The molecule has 2 aromatic rings. The standard InChI is InChI=1S/C35H52O7/c1-3-28(2)27-42-34(38)31-16-14-29(15-17-31)30-18-20-33(21-19-30)40-24-12-10-8-6-4-5-7-9-11-13-25-41-35(39)32(26-37)22-23-36/h14-21,28,32,36-37H,3-13,22-27H2,1-2H3. The highest BCUT2D eigenvalue weighted by atomic mass is 16.5. The Labute approximate surface area is 252 Å². The Balaban J connectivity index is 1.48. The van der Waals surface area contributed by atoms with E-state index in [9.17, 15) is 9.59 Å². The van der Waals surface area contributed by atoms with Gasteiger partial charge in [-0.05, 0) is 60.6 Å². The van der Waals surface area contributed by atoms with Crippen LogP contribution in [0.4, 0.5) is 0 Å². The van der Waals surface area contributed by atoms with Gasteiger partial charge in [-0.1, -0.05) is 95.9 Å². The van der Waals surface area contributed by atoms with Crippen LogP contribution in [-0.4, -0.2) is 55.2 Å². The lowest BCUT2D eigenvalue weighted by molar-refractivity contribution is -0.150. The third-order valence-corrected chi connectivity index (χ3v) is 7.59. The highest BCUT2D eigenvalue weighted by Crippen LogP contribution is 2.23. The number of benzene rings is 2. The highest BCUT2D eigenvalue weighted by Gasteiger charge is 2.18. The first-order valence-electron chi connectivity index (χ1n) is 15.9. The molecule has 0 aromatic heterocycles. The van der Waals surface area contributed by atoms with Gasteiger partial charge in [-0.15, -0.1) is 0 Å². The highest BCUT2D eigenvalue weighted by molar-refractivity contribution is 5.90. The molecule has 0 aliphatic carbocycles. The number of hydrogen-bond acceptors (Lipinski definition) is 7. The van der Waals surface area contributed by atoms with E-state index in [-0.39, 0.29) is 25.6 Å². The number of rotatable bonds is 23. The summed E-state index contributed by atoms with van der Waals surface area (Å²) in [4.78, 5) is 24.0. The maximum absolute atomic E-state index is 12.2. The lowest BCUT2D eigenvalue weighted by atomic mass is 10.0. The molecule has 0 radical (unpaired) electrons. The zero-order valence-corrected chi connectivity index (χ0v) is 25.7. The molecule has 2 N–H and O–H groups in total. The molecule has 0 amide bonds. The molecule has 0 spiro atoms. The Morgan fingerprint density at radius 3 is 1.76 bits per heavy atom. The van der Waals surface area contributed by atoms with Gasteiger partial charge in [0.25, 0.3) is 0 Å². The molecular formula is C35H52O7. The van der Waals surface area contributed by atoms with Crippen LogP contribution in [0.2, 0.25) is 0 Å². The number of carbonyl (C=O) groups excluding carboxylic acids is 2. The summed E-state index contributed by atoms with van der Waals surface area (Å²) in [5.74, 6) is -0.0525. The Morgan fingerprint density at radius 1 is 0.714 bits per heavy atom. The van der Waals surface area contributed by atoms with Crippen LogP contribution in [0.1, 0.15) is 101 Å². The second-order valence-electron chi connectivity index (χ2n) is 11.2. The topological polar surface area (TPSA) is 102 Å². The number of aliphatic hydroxyl groups is 2. The van der Waals surface area contributed by atoms with Gasteiger partial charge in [0.1, 0.15) is 5.75 Å². The van der Waals surface area contributed by atoms with Gasteiger partial charge in [0.2, 0.25) is 0 Å². The van der Waals surface area contributed by atoms with Crippen LogP contribution in [0, 0.1) is 11.8 Å².